The SMILES string of the molecule is CN(C)c1ccc([C@H](CNC(=O)C(=O)Nc2ccccc2F)N2CCc3ccccc3C2)cc1. The number of nitrogens with zero attached hydrogens (tertiary/aromatic N) is 2. The van der Waals surface area contributed by atoms with Crippen LogP contribution in [0.1, 0.15) is 22.7 Å². The highest BCUT2D eigenvalue weighted by Gasteiger charge is 2.26. The lowest BCUT2D eigenvalue weighted by Crippen LogP contribution is -2.43. The molecule has 0 saturated carbocycles. The normalized spacial score (nSPS) is 14.1. The predicted octanol–water partition coefficient (Wildman–Crippen LogP) is 3.75. The Morgan fingerprint density at radius 1 is 0.941 bits per heavy atom. The molecule has 0 unspecified atom stereocenters. The first-order valence-electron chi connectivity index (χ1n) is 11.3. The van der Waals surface area contributed by atoms with Crippen molar-refractivity contribution in [2.75, 3.05) is 37.4 Å². The van der Waals surface area contributed by atoms with E-state index in [2.05, 4.69) is 45.9 Å². The van der Waals surface area contributed by atoms with Crippen molar-refractivity contribution in [2.24, 2.45) is 0 Å². The topological polar surface area (TPSA) is 64.7 Å². The Hall–Kier alpha value is -3.71. The Morgan fingerprint density at radius 3 is 2.32 bits per heavy atom. The van der Waals surface area contributed by atoms with Crippen molar-refractivity contribution in [3.05, 3.63) is 95.3 Å². The zero-order valence-corrected chi connectivity index (χ0v) is 19.4. The van der Waals surface area contributed by atoms with Crippen LogP contribution in [0.3, 0.4) is 0 Å². The third-order valence-corrected chi connectivity index (χ3v) is 6.18. The largest absolute Gasteiger partial charge is 0.378 e. The Labute approximate surface area is 199 Å². The average Bonchev–Trinajstić information content (AvgIpc) is 2.85. The number of carbonyl (C=O) groups excluding carboxylic acids is 2. The van der Waals surface area contributed by atoms with Gasteiger partial charge in [-0.15, -0.1) is 0 Å². The van der Waals surface area contributed by atoms with E-state index in [1.54, 1.807) is 6.07 Å². The van der Waals surface area contributed by atoms with E-state index in [4.69, 9.17) is 0 Å². The van der Waals surface area contributed by atoms with Gasteiger partial charge in [0.25, 0.3) is 0 Å². The van der Waals surface area contributed by atoms with Crippen molar-refractivity contribution < 1.29 is 14.0 Å². The highest BCUT2D eigenvalue weighted by molar-refractivity contribution is 6.39. The summed E-state index contributed by atoms with van der Waals surface area (Å²) in [7, 11) is 3.98. The predicted molar refractivity (Wildman–Crippen MR) is 132 cm³/mol. The molecule has 34 heavy (non-hydrogen) atoms. The van der Waals surface area contributed by atoms with E-state index in [1.165, 1.54) is 29.3 Å². The molecule has 2 N–H and O–H groups in total. The summed E-state index contributed by atoms with van der Waals surface area (Å²) in [5.74, 6) is -2.28. The van der Waals surface area contributed by atoms with Crippen LogP contribution in [-0.4, -0.2) is 43.9 Å². The number of fused-ring (bicyclic) bond motifs is 1. The van der Waals surface area contributed by atoms with Gasteiger partial charge in [0.1, 0.15) is 5.82 Å². The van der Waals surface area contributed by atoms with E-state index < -0.39 is 17.6 Å². The van der Waals surface area contributed by atoms with Crippen molar-refractivity contribution in [2.45, 2.75) is 19.0 Å². The van der Waals surface area contributed by atoms with Gasteiger partial charge in [0, 0.05) is 39.4 Å². The molecule has 1 aliphatic rings. The minimum Gasteiger partial charge on any atom is -0.378 e. The first kappa shape index (κ1) is 23.4. The fourth-order valence-corrected chi connectivity index (χ4v) is 4.25. The van der Waals surface area contributed by atoms with Crippen LogP contribution in [0, 0.1) is 5.82 Å². The van der Waals surface area contributed by atoms with Crippen molar-refractivity contribution in [1.29, 1.82) is 0 Å². The number of carbonyl (C=O) groups is 2. The number of hydrogen-bond donors (Lipinski definition) is 2. The van der Waals surface area contributed by atoms with Crippen LogP contribution in [0.2, 0.25) is 0 Å². The minimum absolute atomic E-state index is 0.0221. The lowest BCUT2D eigenvalue weighted by molar-refractivity contribution is -0.136. The van der Waals surface area contributed by atoms with Gasteiger partial charge in [0.05, 0.1) is 11.7 Å². The van der Waals surface area contributed by atoms with Crippen LogP contribution in [0.25, 0.3) is 0 Å². The summed E-state index contributed by atoms with van der Waals surface area (Å²) in [6, 6.07) is 22.3. The summed E-state index contributed by atoms with van der Waals surface area (Å²) in [4.78, 5) is 29.3. The van der Waals surface area contributed by atoms with Gasteiger partial charge in [-0.05, 0) is 47.4 Å². The summed E-state index contributed by atoms with van der Waals surface area (Å²) in [5.41, 5.74) is 4.73. The van der Waals surface area contributed by atoms with Crippen LogP contribution < -0.4 is 15.5 Å². The van der Waals surface area contributed by atoms with Gasteiger partial charge in [-0.25, -0.2) is 4.39 Å². The summed E-state index contributed by atoms with van der Waals surface area (Å²) in [6.45, 7) is 1.86. The first-order valence-corrected chi connectivity index (χ1v) is 11.3. The summed E-state index contributed by atoms with van der Waals surface area (Å²) in [5, 5.41) is 5.09. The lowest BCUT2D eigenvalue weighted by Gasteiger charge is -2.36. The monoisotopic (exact) mass is 460 g/mol. The second kappa shape index (κ2) is 10.5. The molecule has 1 atom stereocenters. The van der Waals surface area contributed by atoms with Gasteiger partial charge in [-0.2, -0.15) is 0 Å². The number of hydrogen-bond acceptors (Lipinski definition) is 4. The number of rotatable bonds is 6. The molecular weight excluding hydrogens is 431 g/mol. The highest BCUT2D eigenvalue weighted by atomic mass is 19.1. The van der Waals surface area contributed by atoms with E-state index in [0.29, 0.717) is 0 Å². The Balaban J connectivity index is 1.49. The van der Waals surface area contributed by atoms with Crippen molar-refractivity contribution in [3.63, 3.8) is 0 Å². The molecule has 6 nitrogen and oxygen atoms in total. The Bertz CT molecular complexity index is 1160. The molecule has 3 aromatic carbocycles. The van der Waals surface area contributed by atoms with Crippen LogP contribution >= 0.6 is 0 Å². The number of anilines is 2. The Morgan fingerprint density at radius 2 is 1.62 bits per heavy atom. The van der Waals surface area contributed by atoms with Crippen LogP contribution in [0.4, 0.5) is 15.8 Å². The highest BCUT2D eigenvalue weighted by Crippen LogP contribution is 2.28. The number of halogens is 1. The molecule has 0 bridgehead atoms. The third-order valence-electron chi connectivity index (χ3n) is 6.18. The zero-order chi connectivity index (χ0) is 24.1. The minimum atomic E-state index is -0.893. The second-order valence-corrected chi connectivity index (χ2v) is 8.63. The average molecular weight is 461 g/mol. The van der Waals surface area contributed by atoms with Gasteiger partial charge < -0.3 is 15.5 Å². The van der Waals surface area contributed by atoms with Crippen LogP contribution in [-0.2, 0) is 22.6 Å². The molecule has 0 spiro atoms. The molecule has 1 aliphatic heterocycles. The molecule has 0 saturated heterocycles. The van der Waals surface area contributed by atoms with Gasteiger partial charge in [0.15, 0.2) is 0 Å². The smallest absolute Gasteiger partial charge is 0.313 e. The van der Waals surface area contributed by atoms with E-state index in [0.717, 1.165) is 30.8 Å². The summed E-state index contributed by atoms with van der Waals surface area (Å²) >= 11 is 0. The zero-order valence-electron chi connectivity index (χ0n) is 19.4. The van der Waals surface area contributed by atoms with Crippen molar-refractivity contribution in [1.82, 2.24) is 10.2 Å². The number of benzene rings is 3. The van der Waals surface area contributed by atoms with Gasteiger partial charge in [-0.1, -0.05) is 48.5 Å². The summed E-state index contributed by atoms with van der Waals surface area (Å²) < 4.78 is 13.8. The first-order chi connectivity index (χ1) is 16.4. The maximum Gasteiger partial charge on any atom is 0.313 e. The molecule has 1 heterocycles. The van der Waals surface area contributed by atoms with E-state index >= 15 is 0 Å². The van der Waals surface area contributed by atoms with Gasteiger partial charge >= 0.3 is 11.8 Å². The number of nitrogens with one attached hydrogen (secondary N) is 2. The van der Waals surface area contributed by atoms with Crippen molar-refractivity contribution in [3.8, 4) is 0 Å². The fourth-order valence-electron chi connectivity index (χ4n) is 4.25. The standard InChI is InChI=1S/C27H29FN4O2/c1-31(2)22-13-11-20(12-14-22)25(32-16-15-19-7-3-4-8-21(19)18-32)17-29-26(33)27(34)30-24-10-6-5-9-23(24)28/h3-14,25H,15-18H2,1-2H3,(H,29,33)(H,30,34)/t25-/m0/s1. The van der Waals surface area contributed by atoms with E-state index in [-0.39, 0.29) is 18.3 Å². The Kier molecular flexibility index (Phi) is 7.23. The van der Waals surface area contributed by atoms with Gasteiger partial charge in [-0.3, -0.25) is 14.5 Å². The molecule has 4 rings (SSSR count). The number of para-hydroxylation sites is 1. The molecular formula is C27H29FN4O2. The second-order valence-electron chi connectivity index (χ2n) is 8.63. The summed E-state index contributed by atoms with van der Waals surface area (Å²) in [6.07, 6.45) is 0.921. The molecule has 2 amide bonds. The molecule has 7 heteroatoms. The van der Waals surface area contributed by atoms with Crippen LogP contribution in [0.5, 0.6) is 0 Å². The molecule has 3 aromatic rings. The van der Waals surface area contributed by atoms with Crippen molar-refractivity contribution >= 4 is 23.2 Å². The molecule has 0 aromatic heterocycles. The van der Waals surface area contributed by atoms with E-state index in [9.17, 15) is 14.0 Å². The van der Waals surface area contributed by atoms with Crippen LogP contribution in [0.15, 0.2) is 72.8 Å². The molecule has 0 radical (unpaired) electrons. The lowest BCUT2D eigenvalue weighted by atomic mass is 9.96. The van der Waals surface area contributed by atoms with E-state index in [1.807, 2.05) is 37.2 Å². The maximum atomic E-state index is 13.8. The maximum absolute atomic E-state index is 13.8. The molecule has 0 fully saturated rings. The molecule has 0 aliphatic carbocycles. The quantitative estimate of drug-likeness (QED) is 0.550. The molecule has 176 valence electrons. The number of amides is 2. The van der Waals surface area contributed by atoms with Gasteiger partial charge in [0.2, 0.25) is 0 Å². The fraction of sp³-hybridized carbons (Fsp3) is 0.259. The third kappa shape index (κ3) is 5.43.